The maximum atomic E-state index is 12.5. The fraction of sp³-hybridized carbons (Fsp3) is 0.588. The van der Waals surface area contributed by atoms with Crippen LogP contribution in [-0.2, 0) is 22.6 Å². The van der Waals surface area contributed by atoms with Crippen molar-refractivity contribution in [2.24, 2.45) is 0 Å². The third kappa shape index (κ3) is 4.82. The minimum absolute atomic E-state index is 0.0706. The molecule has 3 heterocycles. The fourth-order valence-electron chi connectivity index (χ4n) is 3.16. The van der Waals surface area contributed by atoms with Gasteiger partial charge in [0.05, 0.1) is 30.6 Å². The fourth-order valence-corrected chi connectivity index (χ4v) is 3.16. The van der Waals surface area contributed by atoms with Gasteiger partial charge in [0.2, 0.25) is 5.91 Å². The van der Waals surface area contributed by atoms with Crippen LogP contribution in [-0.4, -0.2) is 61.7 Å². The number of anilines is 1. The number of carbonyl (C=O) groups is 1. The largest absolute Gasteiger partial charge is 0.378 e. The molecular weight excluding hydrogens is 320 g/mol. The Hall–Kier alpha value is -2.35. The van der Waals surface area contributed by atoms with Crippen LogP contribution >= 0.6 is 0 Å². The Morgan fingerprint density at radius 1 is 1.32 bits per heavy atom. The lowest BCUT2D eigenvalue weighted by atomic mass is 10.2. The number of hydrogen-bond donors (Lipinski definition) is 1. The summed E-state index contributed by atoms with van der Waals surface area (Å²) in [6.07, 6.45) is 7.47. The molecule has 0 bridgehead atoms. The Morgan fingerprint density at radius 3 is 2.76 bits per heavy atom. The van der Waals surface area contributed by atoms with Gasteiger partial charge in [0, 0.05) is 37.7 Å². The van der Waals surface area contributed by atoms with Crippen molar-refractivity contribution in [2.75, 3.05) is 18.4 Å². The van der Waals surface area contributed by atoms with Gasteiger partial charge in [0.25, 0.3) is 0 Å². The van der Waals surface area contributed by atoms with E-state index in [4.69, 9.17) is 4.74 Å². The van der Waals surface area contributed by atoms with Crippen molar-refractivity contribution >= 4 is 11.6 Å². The molecule has 136 valence electrons. The number of nitrogens with zero attached hydrogens (tertiary/aromatic N) is 5. The van der Waals surface area contributed by atoms with E-state index < -0.39 is 0 Å². The molecule has 3 rings (SSSR count). The molecule has 1 N–H and O–H groups in total. The minimum atomic E-state index is 0.0706. The number of carbonyl (C=O) groups excluding carboxylic acids is 1. The van der Waals surface area contributed by atoms with Gasteiger partial charge in [-0.1, -0.05) is 0 Å². The monoisotopic (exact) mass is 346 g/mol. The molecule has 0 spiro atoms. The highest BCUT2D eigenvalue weighted by molar-refractivity contribution is 5.76. The van der Waals surface area contributed by atoms with Gasteiger partial charge >= 0.3 is 0 Å². The molecular formula is C17H26N6O2. The topological polar surface area (TPSA) is 77.2 Å². The van der Waals surface area contributed by atoms with Gasteiger partial charge in [-0.25, -0.2) is 0 Å². The summed E-state index contributed by atoms with van der Waals surface area (Å²) in [5.74, 6) is 0.0706. The van der Waals surface area contributed by atoms with Gasteiger partial charge in [-0.3, -0.25) is 14.2 Å². The smallest absolute Gasteiger partial charge is 0.244 e. The summed E-state index contributed by atoms with van der Waals surface area (Å²) in [7, 11) is 0. The second-order valence-corrected chi connectivity index (χ2v) is 6.76. The van der Waals surface area contributed by atoms with E-state index in [2.05, 4.69) is 22.4 Å². The first-order valence-electron chi connectivity index (χ1n) is 8.69. The summed E-state index contributed by atoms with van der Waals surface area (Å²) in [5, 5.41) is 11.9. The van der Waals surface area contributed by atoms with Gasteiger partial charge < -0.3 is 15.0 Å². The lowest BCUT2D eigenvalue weighted by Gasteiger charge is -2.35. The zero-order valence-electron chi connectivity index (χ0n) is 15.0. The molecule has 1 fully saturated rings. The van der Waals surface area contributed by atoms with Gasteiger partial charge in [-0.15, -0.1) is 0 Å². The summed E-state index contributed by atoms with van der Waals surface area (Å²) < 4.78 is 9.23. The normalized spacial score (nSPS) is 22.0. The molecule has 3 atom stereocenters. The first kappa shape index (κ1) is 17.5. The van der Waals surface area contributed by atoms with E-state index in [9.17, 15) is 4.79 Å². The standard InChI is InChI=1S/C17H26N6O2/c1-13(8-22-6-4-5-18-22)20-16-7-19-23(11-16)12-17(24)21-9-14(2)25-15(3)10-21/h4-7,11,13-15,20H,8-10,12H2,1-3H3/t13-,14-,15+/m0/s1. The summed E-state index contributed by atoms with van der Waals surface area (Å²) >= 11 is 0. The SMILES string of the molecule is C[C@@H]1CN(C(=O)Cn2cc(N[C@@H](C)Cn3cccn3)cn2)C[C@H](C)O1. The molecule has 8 heteroatoms. The van der Waals surface area contributed by atoms with Crippen molar-refractivity contribution in [3.8, 4) is 0 Å². The van der Waals surface area contributed by atoms with Crippen molar-refractivity contribution < 1.29 is 9.53 Å². The lowest BCUT2D eigenvalue weighted by molar-refractivity contribution is -0.144. The second-order valence-electron chi connectivity index (χ2n) is 6.76. The number of amides is 1. The highest BCUT2D eigenvalue weighted by Crippen LogP contribution is 2.12. The van der Waals surface area contributed by atoms with Crippen molar-refractivity contribution in [1.82, 2.24) is 24.5 Å². The van der Waals surface area contributed by atoms with Crippen molar-refractivity contribution in [2.45, 2.75) is 52.1 Å². The van der Waals surface area contributed by atoms with Crippen LogP contribution < -0.4 is 5.32 Å². The number of aromatic nitrogens is 4. The summed E-state index contributed by atoms with van der Waals surface area (Å²) in [4.78, 5) is 14.3. The highest BCUT2D eigenvalue weighted by atomic mass is 16.5. The Kier molecular flexibility index (Phi) is 5.37. The first-order valence-corrected chi connectivity index (χ1v) is 8.69. The zero-order valence-corrected chi connectivity index (χ0v) is 15.0. The van der Waals surface area contributed by atoms with Gasteiger partial charge in [0.15, 0.2) is 0 Å². The Bertz CT molecular complexity index is 673. The Morgan fingerprint density at radius 2 is 2.08 bits per heavy atom. The molecule has 0 radical (unpaired) electrons. The first-order chi connectivity index (χ1) is 12.0. The van der Waals surface area contributed by atoms with Gasteiger partial charge in [0.1, 0.15) is 6.54 Å². The third-order valence-corrected chi connectivity index (χ3v) is 4.14. The summed E-state index contributed by atoms with van der Waals surface area (Å²) in [6.45, 7) is 8.35. The van der Waals surface area contributed by atoms with Crippen molar-refractivity contribution in [3.63, 3.8) is 0 Å². The van der Waals surface area contributed by atoms with E-state index in [0.717, 1.165) is 12.2 Å². The van der Waals surface area contributed by atoms with Crippen LogP contribution in [0.1, 0.15) is 20.8 Å². The zero-order chi connectivity index (χ0) is 17.8. The summed E-state index contributed by atoms with van der Waals surface area (Å²) in [6, 6.07) is 2.11. The van der Waals surface area contributed by atoms with Crippen LogP contribution in [0.2, 0.25) is 0 Å². The molecule has 2 aromatic heterocycles. The van der Waals surface area contributed by atoms with Crippen molar-refractivity contribution in [1.29, 1.82) is 0 Å². The number of morpholine rings is 1. The molecule has 8 nitrogen and oxygen atoms in total. The van der Waals surface area contributed by atoms with Crippen molar-refractivity contribution in [3.05, 3.63) is 30.9 Å². The molecule has 0 aliphatic carbocycles. The highest BCUT2D eigenvalue weighted by Gasteiger charge is 2.26. The van der Waals surface area contributed by atoms with E-state index >= 15 is 0 Å². The maximum Gasteiger partial charge on any atom is 0.244 e. The van der Waals surface area contributed by atoms with E-state index in [-0.39, 0.29) is 30.7 Å². The lowest BCUT2D eigenvalue weighted by Crippen LogP contribution is -2.49. The van der Waals surface area contributed by atoms with E-state index in [0.29, 0.717) is 13.1 Å². The average Bonchev–Trinajstić information content (AvgIpc) is 3.18. The molecule has 1 amide bonds. The maximum absolute atomic E-state index is 12.5. The van der Waals surface area contributed by atoms with Crippen LogP contribution in [0.4, 0.5) is 5.69 Å². The molecule has 0 unspecified atom stereocenters. The Labute approximate surface area is 147 Å². The van der Waals surface area contributed by atoms with Crippen LogP contribution in [0.3, 0.4) is 0 Å². The average molecular weight is 346 g/mol. The minimum Gasteiger partial charge on any atom is -0.378 e. The number of rotatable bonds is 6. The molecule has 1 aliphatic rings. The molecule has 1 saturated heterocycles. The molecule has 25 heavy (non-hydrogen) atoms. The predicted molar refractivity (Wildman–Crippen MR) is 94.1 cm³/mol. The van der Waals surface area contributed by atoms with Gasteiger partial charge in [-0.2, -0.15) is 10.2 Å². The molecule has 1 aliphatic heterocycles. The Balaban J connectivity index is 1.51. The molecule has 2 aromatic rings. The third-order valence-electron chi connectivity index (χ3n) is 4.14. The second kappa shape index (κ2) is 7.69. The van der Waals surface area contributed by atoms with Crippen LogP contribution in [0.5, 0.6) is 0 Å². The van der Waals surface area contributed by atoms with E-state index in [1.54, 1.807) is 17.1 Å². The number of hydrogen-bond acceptors (Lipinski definition) is 5. The number of ether oxygens (including phenoxy) is 1. The van der Waals surface area contributed by atoms with Crippen LogP contribution in [0.15, 0.2) is 30.9 Å². The van der Waals surface area contributed by atoms with Gasteiger partial charge in [-0.05, 0) is 26.8 Å². The quantitative estimate of drug-likeness (QED) is 0.851. The number of nitrogens with one attached hydrogen (secondary N) is 1. The summed E-state index contributed by atoms with van der Waals surface area (Å²) in [5.41, 5.74) is 0.899. The van der Waals surface area contributed by atoms with E-state index in [1.165, 1.54) is 0 Å². The molecule has 0 saturated carbocycles. The predicted octanol–water partition coefficient (Wildman–Crippen LogP) is 1.22. The van der Waals surface area contributed by atoms with E-state index in [1.807, 2.05) is 41.9 Å². The van der Waals surface area contributed by atoms with Crippen LogP contribution in [0.25, 0.3) is 0 Å². The molecule has 0 aromatic carbocycles. The van der Waals surface area contributed by atoms with Crippen LogP contribution in [0, 0.1) is 0 Å².